The molecule has 2 aliphatic rings. The van der Waals surface area contributed by atoms with E-state index >= 15 is 0 Å². The number of amides is 1. The van der Waals surface area contributed by atoms with Crippen molar-refractivity contribution in [1.82, 2.24) is 10.2 Å². The number of ether oxygens (including phenoxy) is 2. The van der Waals surface area contributed by atoms with Gasteiger partial charge in [-0.15, -0.1) is 12.4 Å². The first-order valence-electron chi connectivity index (χ1n) is 8.01. The third kappa shape index (κ3) is 4.67. The molecule has 128 valence electrons. The number of halogens is 1. The molecule has 2 aliphatic heterocycles. The Morgan fingerprint density at radius 1 is 1.30 bits per heavy atom. The topological polar surface area (TPSA) is 50.8 Å². The van der Waals surface area contributed by atoms with E-state index in [9.17, 15) is 4.79 Å². The van der Waals surface area contributed by atoms with Crippen molar-refractivity contribution in [3.05, 3.63) is 35.9 Å². The van der Waals surface area contributed by atoms with Gasteiger partial charge in [0.1, 0.15) is 6.10 Å². The zero-order valence-corrected chi connectivity index (χ0v) is 14.3. The third-order valence-electron chi connectivity index (χ3n) is 4.34. The van der Waals surface area contributed by atoms with Crippen LogP contribution in [0.3, 0.4) is 0 Å². The first kappa shape index (κ1) is 18.2. The van der Waals surface area contributed by atoms with Crippen LogP contribution in [0.1, 0.15) is 25.0 Å². The van der Waals surface area contributed by atoms with Crippen molar-refractivity contribution in [3.8, 4) is 0 Å². The smallest absolute Gasteiger partial charge is 0.224 e. The second kappa shape index (κ2) is 8.64. The zero-order valence-electron chi connectivity index (χ0n) is 13.4. The summed E-state index contributed by atoms with van der Waals surface area (Å²) in [6, 6.07) is 10.4. The molecule has 1 N–H and O–H groups in total. The Labute approximate surface area is 143 Å². The second-order valence-electron chi connectivity index (χ2n) is 6.06. The van der Waals surface area contributed by atoms with Crippen molar-refractivity contribution < 1.29 is 14.3 Å². The number of carbonyl (C=O) groups is 1. The zero-order chi connectivity index (χ0) is 15.4. The molecule has 3 rings (SSSR count). The van der Waals surface area contributed by atoms with Gasteiger partial charge in [-0.25, -0.2) is 0 Å². The van der Waals surface area contributed by atoms with E-state index in [1.54, 1.807) is 0 Å². The summed E-state index contributed by atoms with van der Waals surface area (Å²) < 4.78 is 11.3. The van der Waals surface area contributed by atoms with Crippen molar-refractivity contribution in [1.29, 1.82) is 0 Å². The van der Waals surface area contributed by atoms with Crippen molar-refractivity contribution >= 4 is 18.3 Å². The minimum Gasteiger partial charge on any atom is -0.378 e. The molecule has 23 heavy (non-hydrogen) atoms. The summed E-state index contributed by atoms with van der Waals surface area (Å²) in [7, 11) is 0. The van der Waals surface area contributed by atoms with Crippen LogP contribution in [0, 0.1) is 0 Å². The lowest BCUT2D eigenvalue weighted by atomic mass is 10.0. The molecule has 0 aromatic heterocycles. The van der Waals surface area contributed by atoms with Gasteiger partial charge in [-0.1, -0.05) is 30.3 Å². The van der Waals surface area contributed by atoms with Gasteiger partial charge in [0, 0.05) is 19.0 Å². The minimum atomic E-state index is -0.0306. The molecule has 0 saturated carbocycles. The SMILES string of the molecule is CC1COC(c2ccccc2)CN1C(=O)CC1COCCN1.Cl. The average molecular weight is 341 g/mol. The fourth-order valence-electron chi connectivity index (χ4n) is 3.05. The second-order valence-corrected chi connectivity index (χ2v) is 6.06. The Kier molecular flexibility index (Phi) is 6.84. The molecule has 0 radical (unpaired) electrons. The number of nitrogens with zero attached hydrogens (tertiary/aromatic N) is 1. The van der Waals surface area contributed by atoms with Gasteiger partial charge in [-0.3, -0.25) is 4.79 Å². The predicted molar refractivity (Wildman–Crippen MR) is 90.8 cm³/mol. The van der Waals surface area contributed by atoms with Crippen LogP contribution < -0.4 is 5.32 Å². The Morgan fingerprint density at radius 2 is 2.09 bits per heavy atom. The Morgan fingerprint density at radius 3 is 2.78 bits per heavy atom. The van der Waals surface area contributed by atoms with Gasteiger partial charge in [0.2, 0.25) is 5.91 Å². The molecule has 2 saturated heterocycles. The molecular formula is C17H25ClN2O3. The monoisotopic (exact) mass is 340 g/mol. The van der Waals surface area contributed by atoms with Crippen LogP contribution in [-0.4, -0.2) is 55.8 Å². The minimum absolute atomic E-state index is 0. The van der Waals surface area contributed by atoms with E-state index in [4.69, 9.17) is 9.47 Å². The van der Waals surface area contributed by atoms with Crippen LogP contribution in [0.25, 0.3) is 0 Å². The van der Waals surface area contributed by atoms with Crippen LogP contribution >= 0.6 is 12.4 Å². The highest BCUT2D eigenvalue weighted by molar-refractivity contribution is 5.85. The maximum Gasteiger partial charge on any atom is 0.224 e. The van der Waals surface area contributed by atoms with E-state index in [1.807, 2.05) is 30.0 Å². The molecule has 0 aliphatic carbocycles. The summed E-state index contributed by atoms with van der Waals surface area (Å²) in [5.41, 5.74) is 1.13. The van der Waals surface area contributed by atoms with E-state index in [0.29, 0.717) is 26.2 Å². The van der Waals surface area contributed by atoms with E-state index in [1.165, 1.54) is 0 Å². The van der Waals surface area contributed by atoms with Crippen molar-refractivity contribution in [3.63, 3.8) is 0 Å². The Balaban J connectivity index is 0.00000192. The van der Waals surface area contributed by atoms with E-state index in [0.717, 1.165) is 18.7 Å². The molecule has 2 heterocycles. The number of morpholine rings is 2. The summed E-state index contributed by atoms with van der Waals surface area (Å²) in [6.45, 7) is 5.42. The van der Waals surface area contributed by atoms with Gasteiger partial charge in [0.25, 0.3) is 0 Å². The molecule has 3 atom stereocenters. The standard InChI is InChI=1S/C17H24N2O3.ClH/c1-13-11-22-16(14-5-3-2-4-6-14)10-19(13)17(20)9-15-12-21-8-7-18-15;/h2-6,13,15-16,18H,7-12H2,1H3;1H. The van der Waals surface area contributed by atoms with Gasteiger partial charge in [0.15, 0.2) is 0 Å². The highest BCUT2D eigenvalue weighted by atomic mass is 35.5. The molecule has 6 heteroatoms. The predicted octanol–water partition coefficient (Wildman–Crippen LogP) is 1.78. The van der Waals surface area contributed by atoms with Crippen molar-refractivity contribution in [2.75, 3.05) is 32.9 Å². The van der Waals surface area contributed by atoms with E-state index in [-0.39, 0.29) is 36.5 Å². The van der Waals surface area contributed by atoms with Crippen molar-refractivity contribution in [2.45, 2.75) is 31.5 Å². The number of rotatable bonds is 3. The van der Waals surface area contributed by atoms with Crippen LogP contribution in [0.4, 0.5) is 0 Å². The van der Waals surface area contributed by atoms with Gasteiger partial charge < -0.3 is 19.7 Å². The molecule has 0 spiro atoms. The van der Waals surface area contributed by atoms with E-state index < -0.39 is 0 Å². The fourth-order valence-corrected chi connectivity index (χ4v) is 3.05. The largest absolute Gasteiger partial charge is 0.378 e. The lowest BCUT2D eigenvalue weighted by molar-refractivity contribution is -0.145. The highest BCUT2D eigenvalue weighted by Crippen LogP contribution is 2.25. The first-order valence-corrected chi connectivity index (χ1v) is 8.01. The maximum absolute atomic E-state index is 12.6. The number of benzene rings is 1. The van der Waals surface area contributed by atoms with Gasteiger partial charge in [-0.05, 0) is 12.5 Å². The molecular weight excluding hydrogens is 316 g/mol. The maximum atomic E-state index is 12.6. The summed E-state index contributed by atoms with van der Waals surface area (Å²) in [5, 5.41) is 3.34. The number of hydrogen-bond acceptors (Lipinski definition) is 4. The molecule has 5 nitrogen and oxygen atoms in total. The van der Waals surface area contributed by atoms with Crippen LogP contribution in [0.5, 0.6) is 0 Å². The van der Waals surface area contributed by atoms with Gasteiger partial charge in [0.05, 0.1) is 32.4 Å². The molecule has 1 amide bonds. The molecule has 1 aromatic rings. The molecule has 1 aromatic carbocycles. The van der Waals surface area contributed by atoms with Gasteiger partial charge in [-0.2, -0.15) is 0 Å². The highest BCUT2D eigenvalue weighted by Gasteiger charge is 2.31. The number of hydrogen-bond donors (Lipinski definition) is 1. The lowest BCUT2D eigenvalue weighted by Gasteiger charge is -2.39. The Bertz CT molecular complexity index is 494. The number of carbonyl (C=O) groups excluding carboxylic acids is 1. The number of nitrogens with one attached hydrogen (secondary N) is 1. The normalized spacial score (nSPS) is 28.0. The van der Waals surface area contributed by atoms with Crippen LogP contribution in [0.2, 0.25) is 0 Å². The average Bonchev–Trinajstić information content (AvgIpc) is 2.57. The third-order valence-corrected chi connectivity index (χ3v) is 4.34. The molecule has 3 unspecified atom stereocenters. The van der Waals surface area contributed by atoms with E-state index in [2.05, 4.69) is 17.4 Å². The molecule has 2 fully saturated rings. The summed E-state index contributed by atoms with van der Waals surface area (Å²) >= 11 is 0. The quantitative estimate of drug-likeness (QED) is 0.911. The Hall–Kier alpha value is -1.14. The van der Waals surface area contributed by atoms with Crippen LogP contribution in [-0.2, 0) is 14.3 Å². The summed E-state index contributed by atoms with van der Waals surface area (Å²) in [5.74, 6) is 0.180. The van der Waals surface area contributed by atoms with Gasteiger partial charge >= 0.3 is 0 Å². The summed E-state index contributed by atoms with van der Waals surface area (Å²) in [4.78, 5) is 14.6. The van der Waals surface area contributed by atoms with Crippen molar-refractivity contribution in [2.24, 2.45) is 0 Å². The summed E-state index contributed by atoms with van der Waals surface area (Å²) in [6.07, 6.45) is 0.461. The molecule has 0 bridgehead atoms. The first-order chi connectivity index (χ1) is 10.7. The lowest BCUT2D eigenvalue weighted by Crippen LogP contribution is -2.51. The van der Waals surface area contributed by atoms with Crippen LogP contribution in [0.15, 0.2) is 30.3 Å². The fraction of sp³-hybridized carbons (Fsp3) is 0.588.